The second-order valence-corrected chi connectivity index (χ2v) is 8.37. The number of carbonyl (C=O) groups is 1. The number of ether oxygens (including phenoxy) is 1. The van der Waals surface area contributed by atoms with Gasteiger partial charge in [-0.3, -0.25) is 4.99 Å². The fourth-order valence-corrected chi connectivity index (χ4v) is 3.82. The third-order valence-electron chi connectivity index (χ3n) is 4.52. The van der Waals surface area contributed by atoms with Crippen LogP contribution in [0.25, 0.3) is 0 Å². The highest BCUT2D eigenvalue weighted by Gasteiger charge is 2.25. The van der Waals surface area contributed by atoms with Crippen molar-refractivity contribution in [1.29, 1.82) is 0 Å². The predicted molar refractivity (Wildman–Crippen MR) is 131 cm³/mol. The Morgan fingerprint density at radius 3 is 2.63 bits per heavy atom. The summed E-state index contributed by atoms with van der Waals surface area (Å²) in [6.07, 6.45) is 0. The zero-order chi connectivity index (χ0) is 21.6. The molecular weight excluding hydrogens is 518 g/mol. The number of aromatic nitrogens is 1. The molecule has 0 bridgehead atoms. The van der Waals surface area contributed by atoms with E-state index in [-0.39, 0.29) is 41.8 Å². The quantitative estimate of drug-likeness (QED) is 0.229. The number of halogens is 2. The van der Waals surface area contributed by atoms with Gasteiger partial charge in [-0.2, -0.15) is 0 Å². The molecule has 0 aliphatic heterocycles. The Morgan fingerprint density at radius 2 is 2.03 bits per heavy atom. The molecule has 6 nitrogen and oxygen atoms in total. The lowest BCUT2D eigenvalue weighted by atomic mass is 9.84. The van der Waals surface area contributed by atoms with Crippen LogP contribution in [0, 0.1) is 12.7 Å². The average Bonchev–Trinajstić information content (AvgIpc) is 3.07. The van der Waals surface area contributed by atoms with E-state index < -0.39 is 5.41 Å². The van der Waals surface area contributed by atoms with Crippen LogP contribution in [0.2, 0.25) is 0 Å². The Balaban J connectivity index is 0.00000450. The van der Waals surface area contributed by atoms with E-state index in [1.54, 1.807) is 33.0 Å². The normalized spacial score (nSPS) is 12.7. The molecule has 2 aromatic rings. The summed E-state index contributed by atoms with van der Waals surface area (Å²) in [6.45, 7) is 10.3. The van der Waals surface area contributed by atoms with E-state index in [2.05, 4.69) is 20.6 Å². The number of nitrogens with one attached hydrogen (secondary N) is 2. The maximum Gasteiger partial charge on any atom is 0.350 e. The maximum atomic E-state index is 14.2. The summed E-state index contributed by atoms with van der Waals surface area (Å²) >= 11 is 1.31. The Kier molecular flexibility index (Phi) is 10.2. The van der Waals surface area contributed by atoms with Crippen molar-refractivity contribution in [2.75, 3.05) is 20.2 Å². The second kappa shape index (κ2) is 11.6. The van der Waals surface area contributed by atoms with Crippen LogP contribution in [-0.4, -0.2) is 37.1 Å². The highest BCUT2D eigenvalue weighted by molar-refractivity contribution is 14.0. The summed E-state index contributed by atoms with van der Waals surface area (Å²) in [7, 11) is 1.68. The SMILES string of the molecule is CCOC(=O)c1sc(C(C)NC(=NC)NCC(C)(C)c2ccccc2F)nc1C.I. The van der Waals surface area contributed by atoms with Crippen molar-refractivity contribution in [1.82, 2.24) is 15.6 Å². The Bertz CT molecular complexity index is 886. The lowest BCUT2D eigenvalue weighted by Crippen LogP contribution is -2.44. The molecule has 1 heterocycles. The van der Waals surface area contributed by atoms with Crippen molar-refractivity contribution in [3.8, 4) is 0 Å². The number of hydrogen-bond donors (Lipinski definition) is 2. The van der Waals surface area contributed by atoms with Crippen molar-refractivity contribution < 1.29 is 13.9 Å². The van der Waals surface area contributed by atoms with Crippen molar-refractivity contribution in [2.45, 2.75) is 46.1 Å². The number of rotatable bonds is 7. The van der Waals surface area contributed by atoms with Gasteiger partial charge >= 0.3 is 5.97 Å². The first-order valence-electron chi connectivity index (χ1n) is 9.56. The zero-order valence-corrected chi connectivity index (χ0v) is 21.4. The van der Waals surface area contributed by atoms with Gasteiger partial charge in [0.15, 0.2) is 5.96 Å². The highest BCUT2D eigenvalue weighted by atomic mass is 127. The first-order chi connectivity index (χ1) is 13.7. The number of aliphatic imine (C=N–C) groups is 1. The zero-order valence-electron chi connectivity index (χ0n) is 18.2. The summed E-state index contributed by atoms with van der Waals surface area (Å²) in [6, 6.07) is 6.62. The molecule has 30 heavy (non-hydrogen) atoms. The molecule has 1 aromatic heterocycles. The van der Waals surface area contributed by atoms with Gasteiger partial charge < -0.3 is 15.4 Å². The first-order valence-corrected chi connectivity index (χ1v) is 10.4. The van der Waals surface area contributed by atoms with Crippen LogP contribution >= 0.6 is 35.3 Å². The van der Waals surface area contributed by atoms with E-state index in [4.69, 9.17) is 4.74 Å². The molecule has 0 radical (unpaired) electrons. The third-order valence-corrected chi connectivity index (χ3v) is 5.84. The van der Waals surface area contributed by atoms with Gasteiger partial charge in [-0.25, -0.2) is 14.2 Å². The van der Waals surface area contributed by atoms with Gasteiger partial charge in [0.2, 0.25) is 0 Å². The van der Waals surface area contributed by atoms with Gasteiger partial charge in [-0.15, -0.1) is 35.3 Å². The Morgan fingerprint density at radius 1 is 1.37 bits per heavy atom. The molecule has 9 heteroatoms. The van der Waals surface area contributed by atoms with Crippen LogP contribution in [0.5, 0.6) is 0 Å². The minimum atomic E-state index is -0.430. The van der Waals surface area contributed by atoms with Gasteiger partial charge in [0.05, 0.1) is 18.3 Å². The molecule has 0 saturated carbocycles. The molecule has 0 spiro atoms. The molecule has 0 aliphatic carbocycles. The van der Waals surface area contributed by atoms with Crippen LogP contribution in [0.15, 0.2) is 29.3 Å². The van der Waals surface area contributed by atoms with E-state index in [1.807, 2.05) is 26.8 Å². The van der Waals surface area contributed by atoms with Crippen LogP contribution in [0.3, 0.4) is 0 Å². The summed E-state index contributed by atoms with van der Waals surface area (Å²) in [5.74, 6) is 0.00270. The molecule has 0 amide bonds. The Hall–Kier alpha value is -1.75. The van der Waals surface area contributed by atoms with Crippen molar-refractivity contribution in [3.05, 3.63) is 51.2 Å². The minimum Gasteiger partial charge on any atom is -0.462 e. The van der Waals surface area contributed by atoms with Gasteiger partial charge in [0.1, 0.15) is 15.7 Å². The molecule has 0 fully saturated rings. The number of carbonyl (C=O) groups excluding carboxylic acids is 1. The second-order valence-electron chi connectivity index (χ2n) is 7.34. The smallest absolute Gasteiger partial charge is 0.350 e. The number of hydrogen-bond acceptors (Lipinski definition) is 5. The molecule has 0 aliphatic rings. The number of thiazole rings is 1. The third kappa shape index (κ3) is 6.63. The summed E-state index contributed by atoms with van der Waals surface area (Å²) in [5, 5.41) is 7.30. The van der Waals surface area contributed by atoms with E-state index >= 15 is 0 Å². The fraction of sp³-hybridized carbons (Fsp3) is 0.476. The molecule has 2 N–H and O–H groups in total. The van der Waals surface area contributed by atoms with Crippen LogP contribution < -0.4 is 10.6 Å². The number of benzene rings is 1. The van der Waals surface area contributed by atoms with Crippen molar-refractivity contribution in [3.63, 3.8) is 0 Å². The highest BCUT2D eigenvalue weighted by Crippen LogP contribution is 2.26. The van der Waals surface area contributed by atoms with Gasteiger partial charge in [0.25, 0.3) is 0 Å². The van der Waals surface area contributed by atoms with E-state index in [1.165, 1.54) is 17.4 Å². The monoisotopic (exact) mass is 548 g/mol. The summed E-state index contributed by atoms with van der Waals surface area (Å²) in [4.78, 5) is 21.3. The molecule has 1 atom stereocenters. The summed E-state index contributed by atoms with van der Waals surface area (Å²) in [5.41, 5.74) is 0.868. The van der Waals surface area contributed by atoms with E-state index in [0.717, 1.165) is 5.01 Å². The average molecular weight is 548 g/mol. The number of aryl methyl sites for hydroxylation is 1. The molecule has 166 valence electrons. The fourth-order valence-electron chi connectivity index (χ4n) is 2.86. The van der Waals surface area contributed by atoms with Crippen LogP contribution in [-0.2, 0) is 10.2 Å². The van der Waals surface area contributed by atoms with Crippen LogP contribution in [0.4, 0.5) is 4.39 Å². The number of esters is 1. The van der Waals surface area contributed by atoms with Gasteiger partial charge in [-0.1, -0.05) is 32.0 Å². The predicted octanol–water partition coefficient (Wildman–Crippen LogP) is 4.59. The van der Waals surface area contributed by atoms with Crippen LogP contribution in [0.1, 0.15) is 59.7 Å². The van der Waals surface area contributed by atoms with Gasteiger partial charge in [0, 0.05) is 19.0 Å². The van der Waals surface area contributed by atoms with E-state index in [9.17, 15) is 9.18 Å². The molecule has 1 unspecified atom stereocenters. The number of guanidine groups is 1. The Labute approximate surface area is 198 Å². The van der Waals surface area contributed by atoms with Crippen molar-refractivity contribution >= 4 is 47.2 Å². The van der Waals surface area contributed by atoms with Gasteiger partial charge in [-0.05, 0) is 32.4 Å². The van der Waals surface area contributed by atoms with Crippen molar-refractivity contribution in [2.24, 2.45) is 4.99 Å². The molecule has 1 aromatic carbocycles. The lowest BCUT2D eigenvalue weighted by Gasteiger charge is -2.27. The first kappa shape index (κ1) is 26.3. The maximum absolute atomic E-state index is 14.2. The lowest BCUT2D eigenvalue weighted by molar-refractivity contribution is 0.0531. The largest absolute Gasteiger partial charge is 0.462 e. The number of nitrogens with zero attached hydrogens (tertiary/aromatic N) is 2. The topological polar surface area (TPSA) is 75.6 Å². The minimum absolute atomic E-state index is 0. The van der Waals surface area contributed by atoms with E-state index in [0.29, 0.717) is 35.2 Å². The molecular formula is C21H30FIN4O2S. The molecule has 0 saturated heterocycles. The molecule has 2 rings (SSSR count). The summed E-state index contributed by atoms with van der Waals surface area (Å²) < 4.78 is 19.2. The standard InChI is InChI=1S/C21H29FN4O2S.HI/c1-7-28-19(27)17-13(2)25-18(29-17)14(3)26-20(23-6)24-12-21(4,5)15-10-8-9-11-16(15)22;/h8-11,14H,7,12H2,1-6H3,(H2,23,24,26);1H.